The van der Waals surface area contributed by atoms with Gasteiger partial charge in [-0.25, -0.2) is 9.98 Å². The zero-order valence-corrected chi connectivity index (χ0v) is 12.5. The Balaban J connectivity index is 2.34. The van der Waals surface area contributed by atoms with Crippen molar-refractivity contribution in [2.24, 2.45) is 4.99 Å². The molecule has 0 N–H and O–H groups in total. The molecule has 0 aliphatic heterocycles. The van der Waals surface area contributed by atoms with Gasteiger partial charge in [-0.2, -0.15) is 0 Å². The zero-order chi connectivity index (χ0) is 15.2. The third kappa shape index (κ3) is 4.56. The van der Waals surface area contributed by atoms with E-state index in [1.807, 2.05) is 31.1 Å². The summed E-state index contributed by atoms with van der Waals surface area (Å²) < 4.78 is 25.5. The molecule has 1 aromatic heterocycles. The van der Waals surface area contributed by atoms with Gasteiger partial charge in [0.05, 0.1) is 0 Å². The Hall–Kier alpha value is -1.89. The van der Waals surface area contributed by atoms with E-state index in [4.69, 9.17) is 0 Å². The molecule has 1 heterocycles. The van der Waals surface area contributed by atoms with Gasteiger partial charge in [-0.05, 0) is 24.3 Å². The summed E-state index contributed by atoms with van der Waals surface area (Å²) in [5.41, 5.74) is 1.65. The summed E-state index contributed by atoms with van der Waals surface area (Å²) in [7, 11) is 3.84. The molecule has 0 saturated heterocycles. The summed E-state index contributed by atoms with van der Waals surface area (Å²) in [6, 6.07) is 12.5. The summed E-state index contributed by atoms with van der Waals surface area (Å²) in [5.74, 6) is 0.414. The average Bonchev–Trinajstić information content (AvgIpc) is 2.47. The van der Waals surface area contributed by atoms with Crippen LogP contribution in [0.1, 0.15) is 5.56 Å². The van der Waals surface area contributed by atoms with Crippen LogP contribution in [0.25, 0.3) is 0 Å². The van der Waals surface area contributed by atoms with Crippen LogP contribution >= 0.6 is 11.6 Å². The molecule has 2 rings (SSSR count). The minimum absolute atomic E-state index is 0.258. The van der Waals surface area contributed by atoms with Crippen LogP contribution in [0.5, 0.6) is 0 Å². The normalized spacial score (nSPS) is 11.3. The summed E-state index contributed by atoms with van der Waals surface area (Å²) in [4.78, 5) is 10.2. The van der Waals surface area contributed by atoms with Crippen LogP contribution in [0, 0.1) is 0 Å². The highest BCUT2D eigenvalue weighted by molar-refractivity contribution is 8.35. The van der Waals surface area contributed by atoms with E-state index in [2.05, 4.69) is 9.98 Å². The van der Waals surface area contributed by atoms with Crippen molar-refractivity contribution in [3.63, 3.8) is 0 Å². The van der Waals surface area contributed by atoms with Crippen molar-refractivity contribution in [2.75, 3.05) is 19.0 Å². The van der Waals surface area contributed by atoms with E-state index in [0.717, 1.165) is 5.69 Å². The van der Waals surface area contributed by atoms with Gasteiger partial charge in [0.15, 0.2) is 5.82 Å². The van der Waals surface area contributed by atoms with Crippen LogP contribution in [-0.2, 0) is 0 Å². The monoisotopic (exact) mass is 305 g/mol. The average molecular weight is 305 g/mol. The molecule has 0 spiro atoms. The van der Waals surface area contributed by atoms with E-state index >= 15 is 0 Å². The number of hydrogen-bond donors (Lipinski definition) is 0. The number of rotatable bonds is 4. The second-order valence-electron chi connectivity index (χ2n) is 4.42. The Morgan fingerprint density at radius 2 is 1.86 bits per heavy atom. The molecule has 0 fully saturated rings. The smallest absolute Gasteiger partial charge is 0.378 e. The van der Waals surface area contributed by atoms with Crippen molar-refractivity contribution in [3.8, 4) is 0 Å². The number of nitrogens with zero attached hydrogens (tertiary/aromatic N) is 3. The molecular formula is C14H14BF2N3S. The maximum Gasteiger partial charge on any atom is 0.615 e. The van der Waals surface area contributed by atoms with Crippen molar-refractivity contribution < 1.29 is 8.63 Å². The predicted octanol–water partition coefficient (Wildman–Crippen LogP) is 3.88. The Labute approximate surface area is 127 Å². The van der Waals surface area contributed by atoms with Gasteiger partial charge in [-0.1, -0.05) is 29.8 Å². The lowest BCUT2D eigenvalue weighted by molar-refractivity contribution is 0.701. The maximum atomic E-state index is 12.7. The SMILES string of the molecule is CN(C)c1ccc(/C(=N\c2ccccn2)SB(F)F)cc1. The van der Waals surface area contributed by atoms with Crippen molar-refractivity contribution in [3.05, 3.63) is 54.2 Å². The predicted molar refractivity (Wildman–Crippen MR) is 86.8 cm³/mol. The lowest BCUT2D eigenvalue weighted by Crippen LogP contribution is -2.09. The van der Waals surface area contributed by atoms with Crippen LogP contribution in [0.2, 0.25) is 0 Å². The number of anilines is 1. The summed E-state index contributed by atoms with van der Waals surface area (Å²) >= 11 is 0.425. The second-order valence-corrected chi connectivity index (χ2v) is 5.40. The third-order valence-corrected chi connectivity index (χ3v) is 3.43. The molecule has 0 aliphatic carbocycles. The molecule has 108 valence electrons. The Bertz CT molecular complexity index is 603. The molecule has 0 aliphatic rings. The summed E-state index contributed by atoms with van der Waals surface area (Å²) in [6.07, 6.45) is 1.58. The van der Waals surface area contributed by atoms with E-state index in [1.165, 1.54) is 0 Å². The van der Waals surface area contributed by atoms with E-state index in [-0.39, 0.29) is 5.04 Å². The minimum atomic E-state index is -2.53. The maximum absolute atomic E-state index is 12.7. The molecule has 1 aromatic carbocycles. The van der Waals surface area contributed by atoms with Gasteiger partial charge < -0.3 is 4.90 Å². The zero-order valence-electron chi connectivity index (χ0n) is 11.7. The molecule has 0 radical (unpaired) electrons. The fourth-order valence-corrected chi connectivity index (χ4v) is 2.26. The van der Waals surface area contributed by atoms with Crippen LogP contribution in [0.4, 0.5) is 20.1 Å². The number of aliphatic imine (C=N–C) groups is 1. The fourth-order valence-electron chi connectivity index (χ4n) is 1.67. The molecule has 0 saturated carbocycles. The highest BCUT2D eigenvalue weighted by Gasteiger charge is 2.19. The van der Waals surface area contributed by atoms with Gasteiger partial charge in [0, 0.05) is 31.5 Å². The van der Waals surface area contributed by atoms with Crippen molar-refractivity contribution in [2.45, 2.75) is 0 Å². The van der Waals surface area contributed by atoms with Crippen molar-refractivity contribution >= 4 is 34.7 Å². The molecule has 7 heteroatoms. The highest BCUT2D eigenvalue weighted by atomic mass is 32.2. The van der Waals surface area contributed by atoms with Gasteiger partial charge in [-0.15, -0.1) is 0 Å². The fraction of sp³-hybridized carbons (Fsp3) is 0.143. The van der Waals surface area contributed by atoms with Crippen LogP contribution in [0.15, 0.2) is 53.7 Å². The third-order valence-electron chi connectivity index (χ3n) is 2.70. The number of pyridine rings is 1. The lowest BCUT2D eigenvalue weighted by atomic mass is 10.2. The number of halogens is 2. The molecule has 0 atom stereocenters. The van der Waals surface area contributed by atoms with Gasteiger partial charge in [0.2, 0.25) is 0 Å². The first kappa shape index (κ1) is 15.5. The molecule has 0 unspecified atom stereocenters. The minimum Gasteiger partial charge on any atom is -0.378 e. The second kappa shape index (κ2) is 7.22. The van der Waals surface area contributed by atoms with Crippen molar-refractivity contribution in [1.29, 1.82) is 0 Å². The van der Waals surface area contributed by atoms with Crippen LogP contribution in [-0.4, -0.2) is 30.7 Å². The highest BCUT2D eigenvalue weighted by Crippen LogP contribution is 2.23. The Morgan fingerprint density at radius 3 is 2.38 bits per heavy atom. The molecule has 2 aromatic rings. The number of benzene rings is 1. The van der Waals surface area contributed by atoms with Gasteiger partial charge >= 0.3 is 6.55 Å². The lowest BCUT2D eigenvalue weighted by Gasteiger charge is -2.13. The molecule has 0 amide bonds. The Kier molecular flexibility index (Phi) is 5.33. The van der Waals surface area contributed by atoms with E-state index in [1.54, 1.807) is 36.5 Å². The topological polar surface area (TPSA) is 28.5 Å². The quantitative estimate of drug-likeness (QED) is 0.487. The largest absolute Gasteiger partial charge is 0.615 e. The van der Waals surface area contributed by atoms with E-state index < -0.39 is 6.55 Å². The van der Waals surface area contributed by atoms with Gasteiger partial charge in [0.1, 0.15) is 5.04 Å². The van der Waals surface area contributed by atoms with Gasteiger partial charge in [-0.3, -0.25) is 8.63 Å². The Morgan fingerprint density at radius 1 is 1.14 bits per heavy atom. The molecule has 0 bridgehead atoms. The molecular weight excluding hydrogens is 291 g/mol. The summed E-state index contributed by atoms with van der Waals surface area (Å²) in [5, 5.41) is 0.258. The number of hydrogen-bond acceptors (Lipinski definition) is 4. The summed E-state index contributed by atoms with van der Waals surface area (Å²) in [6.45, 7) is -2.53. The van der Waals surface area contributed by atoms with E-state index in [0.29, 0.717) is 23.0 Å². The first-order chi connectivity index (χ1) is 10.1. The van der Waals surface area contributed by atoms with Gasteiger partial charge in [0.25, 0.3) is 0 Å². The van der Waals surface area contributed by atoms with Crippen LogP contribution in [0.3, 0.4) is 0 Å². The first-order valence-electron chi connectivity index (χ1n) is 6.28. The van der Waals surface area contributed by atoms with E-state index in [9.17, 15) is 8.63 Å². The standard InChI is InChI=1S/C14H14BF2N3S/c1-20(2)12-8-6-11(7-9-12)14(21-15(16)17)19-13-5-3-4-10-18-13/h3-10H,1-2H3/b19-14+. The van der Waals surface area contributed by atoms with Crippen molar-refractivity contribution in [1.82, 2.24) is 4.98 Å². The number of aromatic nitrogens is 1. The molecule has 3 nitrogen and oxygen atoms in total. The van der Waals surface area contributed by atoms with Crippen LogP contribution < -0.4 is 4.90 Å². The first-order valence-corrected chi connectivity index (χ1v) is 7.16. The molecule has 21 heavy (non-hydrogen) atoms.